The fraction of sp³-hybridized carbons (Fsp3) is 0.414. The molecule has 1 unspecified atom stereocenters. The van der Waals surface area contributed by atoms with Crippen LogP contribution in [0.3, 0.4) is 0 Å². The second-order valence-corrected chi connectivity index (χ2v) is 14.2. The van der Waals surface area contributed by atoms with E-state index in [0.29, 0.717) is 37.5 Å². The maximum absolute atomic E-state index is 12.4. The Morgan fingerprint density at radius 2 is 1.98 bits per heavy atom. The number of rotatable bonds is 9. The quantitative estimate of drug-likeness (QED) is 0.243. The third-order valence-corrected chi connectivity index (χ3v) is 10.1. The van der Waals surface area contributed by atoms with E-state index in [9.17, 15) is 13.2 Å². The third kappa shape index (κ3) is 5.96. The van der Waals surface area contributed by atoms with Crippen molar-refractivity contribution in [2.45, 2.75) is 40.2 Å². The van der Waals surface area contributed by atoms with E-state index in [4.69, 9.17) is 4.98 Å². The van der Waals surface area contributed by atoms with Crippen LogP contribution in [0.4, 0.5) is 11.4 Å². The predicted molar refractivity (Wildman–Crippen MR) is 171 cm³/mol. The Bertz CT molecular complexity index is 1760. The van der Waals surface area contributed by atoms with Crippen LogP contribution < -0.4 is 10.6 Å². The number of hydrogen-bond donors (Lipinski definition) is 3. The lowest BCUT2D eigenvalue weighted by Gasteiger charge is -2.17. The van der Waals surface area contributed by atoms with Gasteiger partial charge < -0.3 is 25.1 Å². The Labute approximate surface area is 254 Å². The summed E-state index contributed by atoms with van der Waals surface area (Å²) in [5.41, 5.74) is 7.89. The second kappa shape index (κ2) is 11.8. The Kier molecular flexibility index (Phi) is 8.48. The number of pyridine rings is 1. The van der Waals surface area contributed by atoms with E-state index in [-0.39, 0.29) is 17.7 Å². The number of halogens is 1. The molecule has 0 radical (unpaired) electrons. The van der Waals surface area contributed by atoms with Crippen molar-refractivity contribution in [3.8, 4) is 17.1 Å². The Hall–Kier alpha value is -3.26. The Balaban J connectivity index is 1.47. The van der Waals surface area contributed by atoms with Crippen LogP contribution >= 0.6 is 15.9 Å². The molecule has 1 atom stereocenters. The van der Waals surface area contributed by atoms with Gasteiger partial charge >= 0.3 is 0 Å². The largest absolute Gasteiger partial charge is 0.378 e. The number of carbonyl (C=O) groups is 1. The van der Waals surface area contributed by atoms with Crippen LogP contribution in [0.1, 0.15) is 30.3 Å². The molecule has 1 aliphatic rings. The number of H-pyrrole nitrogens is 1. The van der Waals surface area contributed by atoms with Crippen molar-refractivity contribution in [2.75, 3.05) is 50.1 Å². The molecule has 5 rings (SSSR count). The summed E-state index contributed by atoms with van der Waals surface area (Å²) in [6.45, 7) is 9.05. The van der Waals surface area contributed by atoms with Gasteiger partial charge in [0.25, 0.3) is 0 Å². The topological polar surface area (TPSA) is 128 Å². The molecule has 0 aliphatic carbocycles. The Morgan fingerprint density at radius 3 is 2.69 bits per heavy atom. The van der Waals surface area contributed by atoms with Crippen LogP contribution in [-0.2, 0) is 14.8 Å². The number of anilines is 2. The number of nitrogens with zero attached hydrogens (tertiary/aromatic N) is 5. The maximum Gasteiger partial charge on any atom is 0.238 e. The standard InChI is InChI=1S/C29H37BrN8O3S/c1-7-42(40,41)37-11-10-21(15-37)33-26-23(30)14-31-29-27(26)34-28(35-29)22-12-18(3)38(19(22)4)24-13-20(9-8-17(24)2)32-25(39)16-36(5)6/h8-9,12-14,21H,7,10-11,15-16H2,1-6H3,(H,32,39)(H2,31,33,34,35). The normalized spacial score (nSPS) is 16.0. The molecule has 11 nitrogen and oxygen atoms in total. The molecular weight excluding hydrogens is 620 g/mol. The van der Waals surface area contributed by atoms with Crippen molar-refractivity contribution in [2.24, 2.45) is 0 Å². The molecule has 0 spiro atoms. The number of hydrogen-bond acceptors (Lipinski definition) is 7. The van der Waals surface area contributed by atoms with Crippen LogP contribution in [0.25, 0.3) is 28.2 Å². The highest BCUT2D eigenvalue weighted by Gasteiger charge is 2.31. The number of benzene rings is 1. The van der Waals surface area contributed by atoms with Gasteiger partial charge in [0.2, 0.25) is 15.9 Å². The lowest BCUT2D eigenvalue weighted by molar-refractivity contribution is -0.116. The summed E-state index contributed by atoms with van der Waals surface area (Å²) in [6.07, 6.45) is 2.43. The number of nitrogens with one attached hydrogen (secondary N) is 3. The average molecular weight is 658 g/mol. The zero-order chi connectivity index (χ0) is 30.3. The molecule has 1 saturated heterocycles. The molecule has 42 heavy (non-hydrogen) atoms. The van der Waals surface area contributed by atoms with E-state index in [1.54, 1.807) is 17.4 Å². The summed E-state index contributed by atoms with van der Waals surface area (Å²) >= 11 is 3.62. The summed E-state index contributed by atoms with van der Waals surface area (Å²) in [5.74, 6) is 0.715. The van der Waals surface area contributed by atoms with E-state index in [0.717, 1.165) is 49.6 Å². The lowest BCUT2D eigenvalue weighted by Crippen LogP contribution is -2.32. The van der Waals surface area contributed by atoms with Crippen molar-refractivity contribution < 1.29 is 13.2 Å². The third-order valence-electron chi connectivity index (χ3n) is 7.61. The van der Waals surface area contributed by atoms with Crippen molar-refractivity contribution in [3.05, 3.63) is 51.9 Å². The molecule has 1 aliphatic heterocycles. The van der Waals surface area contributed by atoms with Crippen molar-refractivity contribution >= 4 is 54.4 Å². The minimum atomic E-state index is -3.23. The van der Waals surface area contributed by atoms with E-state index in [1.165, 1.54) is 0 Å². The van der Waals surface area contributed by atoms with E-state index in [2.05, 4.69) is 61.0 Å². The van der Waals surface area contributed by atoms with Gasteiger partial charge in [0.1, 0.15) is 11.3 Å². The fourth-order valence-corrected chi connectivity index (χ4v) is 7.05. The lowest BCUT2D eigenvalue weighted by atomic mass is 10.1. The number of sulfonamides is 1. The molecule has 224 valence electrons. The minimum Gasteiger partial charge on any atom is -0.378 e. The van der Waals surface area contributed by atoms with Crippen molar-refractivity contribution in [1.29, 1.82) is 0 Å². The number of amides is 1. The molecule has 4 aromatic rings. The number of likely N-dealkylation sites (N-methyl/N-ethyl adjacent to an activating group) is 1. The molecule has 0 saturated carbocycles. The minimum absolute atomic E-state index is 0.0292. The Morgan fingerprint density at radius 1 is 1.21 bits per heavy atom. The zero-order valence-electron chi connectivity index (χ0n) is 24.7. The van der Waals surface area contributed by atoms with Crippen LogP contribution in [0.2, 0.25) is 0 Å². The SMILES string of the molecule is CCS(=O)(=O)N1CCC(Nc2c(Br)cnc3nc(-c4cc(C)n(-c5cc(NC(=O)CN(C)C)ccc5C)c4C)[nH]c23)C1. The number of aryl methyl sites for hydroxylation is 2. The molecular formula is C29H37BrN8O3S. The van der Waals surface area contributed by atoms with Gasteiger partial charge in [-0.15, -0.1) is 0 Å². The highest BCUT2D eigenvalue weighted by atomic mass is 79.9. The van der Waals surface area contributed by atoms with Gasteiger partial charge in [-0.1, -0.05) is 6.07 Å². The van der Waals surface area contributed by atoms with Gasteiger partial charge in [0.15, 0.2) is 5.65 Å². The van der Waals surface area contributed by atoms with E-state index < -0.39 is 10.0 Å². The first-order valence-corrected chi connectivity index (χ1v) is 16.3. The monoisotopic (exact) mass is 656 g/mol. The number of aromatic amines is 1. The van der Waals surface area contributed by atoms with Gasteiger partial charge in [-0.2, -0.15) is 4.31 Å². The molecule has 13 heteroatoms. The van der Waals surface area contributed by atoms with Gasteiger partial charge in [0.05, 0.1) is 28.1 Å². The summed E-state index contributed by atoms with van der Waals surface area (Å²) in [5, 5.41) is 6.53. The number of fused-ring (bicyclic) bond motifs is 1. The predicted octanol–water partition coefficient (Wildman–Crippen LogP) is 4.44. The molecule has 4 heterocycles. The average Bonchev–Trinajstić information content (AvgIpc) is 3.64. The number of imidazole rings is 1. The molecule has 3 N–H and O–H groups in total. The van der Waals surface area contributed by atoms with Gasteiger partial charge in [-0.05, 0) is 87.9 Å². The van der Waals surface area contributed by atoms with Crippen LogP contribution in [0, 0.1) is 20.8 Å². The first kappa shape index (κ1) is 30.2. The highest BCUT2D eigenvalue weighted by molar-refractivity contribution is 9.10. The number of aromatic nitrogens is 4. The first-order chi connectivity index (χ1) is 19.9. The molecule has 0 bridgehead atoms. The summed E-state index contributed by atoms with van der Waals surface area (Å²) in [4.78, 5) is 27.1. The summed E-state index contributed by atoms with van der Waals surface area (Å²) in [6, 6.07) is 7.99. The molecule has 1 fully saturated rings. The van der Waals surface area contributed by atoms with Gasteiger partial charge in [-0.3, -0.25) is 4.79 Å². The second-order valence-electron chi connectivity index (χ2n) is 11.1. The zero-order valence-corrected chi connectivity index (χ0v) is 27.1. The smallest absolute Gasteiger partial charge is 0.238 e. The first-order valence-electron chi connectivity index (χ1n) is 13.9. The van der Waals surface area contributed by atoms with Crippen LogP contribution in [0.5, 0.6) is 0 Å². The molecule has 1 amide bonds. The number of carbonyl (C=O) groups excluding carboxylic acids is 1. The van der Waals surface area contributed by atoms with E-state index in [1.807, 2.05) is 44.1 Å². The maximum atomic E-state index is 12.4. The summed E-state index contributed by atoms with van der Waals surface area (Å²) in [7, 11) is 0.496. The molecule has 1 aromatic carbocycles. The van der Waals surface area contributed by atoms with Gasteiger partial charge in [0, 0.05) is 48.0 Å². The van der Waals surface area contributed by atoms with Crippen LogP contribution in [-0.4, -0.2) is 88.6 Å². The molecule has 3 aromatic heterocycles. The van der Waals surface area contributed by atoms with Crippen molar-refractivity contribution in [3.63, 3.8) is 0 Å². The van der Waals surface area contributed by atoms with Crippen LogP contribution in [0.15, 0.2) is 34.9 Å². The summed E-state index contributed by atoms with van der Waals surface area (Å²) < 4.78 is 29.2. The van der Waals surface area contributed by atoms with Gasteiger partial charge in [-0.25, -0.2) is 18.4 Å². The van der Waals surface area contributed by atoms with Crippen molar-refractivity contribution in [1.82, 2.24) is 28.7 Å². The highest BCUT2D eigenvalue weighted by Crippen LogP contribution is 2.35. The fourth-order valence-electron chi connectivity index (χ4n) is 5.48. The van der Waals surface area contributed by atoms with E-state index >= 15 is 0 Å².